The van der Waals surface area contributed by atoms with E-state index in [1.807, 2.05) is 56.3 Å². The van der Waals surface area contributed by atoms with Gasteiger partial charge in [0.1, 0.15) is 0 Å². The highest BCUT2D eigenvalue weighted by Gasteiger charge is 2.35. The van der Waals surface area contributed by atoms with E-state index in [1.165, 1.54) is 23.5 Å². The van der Waals surface area contributed by atoms with Crippen molar-refractivity contribution in [2.75, 3.05) is 11.1 Å². The van der Waals surface area contributed by atoms with Crippen molar-refractivity contribution in [3.8, 4) is 5.69 Å². The van der Waals surface area contributed by atoms with Crippen molar-refractivity contribution in [3.05, 3.63) is 94.8 Å². The summed E-state index contributed by atoms with van der Waals surface area (Å²) in [5.41, 5.74) is 1.84. The third-order valence-corrected chi connectivity index (χ3v) is 7.94. The number of para-hydroxylation sites is 1. The summed E-state index contributed by atoms with van der Waals surface area (Å²) in [6.07, 6.45) is -4.68. The van der Waals surface area contributed by atoms with Crippen molar-refractivity contribution in [2.45, 2.75) is 31.7 Å². The third-order valence-electron chi connectivity index (χ3n) is 6.06. The molecule has 5 rings (SSSR count). The van der Waals surface area contributed by atoms with Crippen LogP contribution < -0.4 is 10.6 Å². The number of halogens is 3. The topological polar surface area (TPSA) is 102 Å². The van der Waals surface area contributed by atoms with E-state index in [2.05, 4.69) is 25.8 Å². The smallest absolute Gasteiger partial charge is 0.345 e. The second kappa shape index (κ2) is 11.7. The van der Waals surface area contributed by atoms with Crippen LogP contribution in [0.2, 0.25) is 0 Å². The zero-order valence-electron chi connectivity index (χ0n) is 21.8. The van der Waals surface area contributed by atoms with Crippen LogP contribution in [-0.2, 0) is 17.5 Å². The molecule has 0 unspecified atom stereocenters. The van der Waals surface area contributed by atoms with Gasteiger partial charge in [-0.3, -0.25) is 14.2 Å². The average molecular weight is 597 g/mol. The number of amides is 2. The van der Waals surface area contributed by atoms with Gasteiger partial charge in [0.2, 0.25) is 5.91 Å². The summed E-state index contributed by atoms with van der Waals surface area (Å²) in [5.74, 6) is -0.879. The molecule has 0 atom stereocenters. The Morgan fingerprint density at radius 3 is 2.54 bits per heavy atom. The number of thiazole rings is 1. The van der Waals surface area contributed by atoms with Gasteiger partial charge in [0.05, 0.1) is 39.3 Å². The number of hydrogen-bond donors (Lipinski definition) is 2. The van der Waals surface area contributed by atoms with Gasteiger partial charge in [-0.15, -0.1) is 10.2 Å². The van der Waals surface area contributed by atoms with E-state index in [1.54, 1.807) is 4.57 Å². The molecule has 0 aliphatic carbocycles. The number of aromatic nitrogens is 4. The van der Waals surface area contributed by atoms with Crippen LogP contribution in [-0.4, -0.2) is 37.3 Å². The monoisotopic (exact) mass is 596 g/mol. The number of thioether (sulfide) groups is 1. The second-order valence-corrected chi connectivity index (χ2v) is 11.0. The first-order valence-electron chi connectivity index (χ1n) is 12.3. The lowest BCUT2D eigenvalue weighted by molar-refractivity contribution is -0.138. The number of aryl methyl sites for hydroxylation is 2. The van der Waals surface area contributed by atoms with E-state index < -0.39 is 23.2 Å². The Labute approximate surface area is 241 Å². The summed E-state index contributed by atoms with van der Waals surface area (Å²) in [4.78, 5) is 30.0. The Hall–Kier alpha value is -4.23. The van der Waals surface area contributed by atoms with Gasteiger partial charge in [-0.25, -0.2) is 4.98 Å². The minimum atomic E-state index is -4.68. The summed E-state index contributed by atoms with van der Waals surface area (Å²) in [6.45, 7) is 3.62. The number of nitrogens with one attached hydrogen (secondary N) is 2. The first-order chi connectivity index (χ1) is 19.6. The Morgan fingerprint density at radius 2 is 1.76 bits per heavy atom. The molecule has 2 N–H and O–H groups in total. The molecule has 2 aromatic heterocycles. The highest BCUT2D eigenvalue weighted by atomic mass is 32.2. The number of alkyl halides is 3. The van der Waals surface area contributed by atoms with Gasteiger partial charge in [-0.1, -0.05) is 59.5 Å². The lowest BCUT2D eigenvalue weighted by atomic mass is 10.1. The first kappa shape index (κ1) is 28.3. The van der Waals surface area contributed by atoms with Crippen molar-refractivity contribution >= 4 is 50.3 Å². The summed E-state index contributed by atoms with van der Waals surface area (Å²) >= 11 is 2.51. The summed E-state index contributed by atoms with van der Waals surface area (Å²) in [5, 5.41) is 14.7. The Kier molecular flexibility index (Phi) is 8.08. The molecule has 2 amide bonds. The number of fused-ring (bicyclic) bond motifs is 1. The predicted molar refractivity (Wildman–Crippen MR) is 152 cm³/mol. The number of rotatable bonds is 8. The van der Waals surface area contributed by atoms with Crippen LogP contribution >= 0.6 is 23.1 Å². The molecule has 0 radical (unpaired) electrons. The minimum absolute atomic E-state index is 0.00421. The van der Waals surface area contributed by atoms with Crippen molar-refractivity contribution in [1.29, 1.82) is 0 Å². The van der Waals surface area contributed by atoms with E-state index in [4.69, 9.17) is 0 Å². The molecule has 0 aliphatic heterocycles. The fourth-order valence-corrected chi connectivity index (χ4v) is 5.75. The van der Waals surface area contributed by atoms with Crippen molar-refractivity contribution in [3.63, 3.8) is 0 Å². The van der Waals surface area contributed by atoms with Gasteiger partial charge in [-0.2, -0.15) is 13.2 Å². The van der Waals surface area contributed by atoms with Crippen LogP contribution in [0.25, 0.3) is 15.9 Å². The molecule has 41 heavy (non-hydrogen) atoms. The zero-order chi connectivity index (χ0) is 29.1. The van der Waals surface area contributed by atoms with E-state index >= 15 is 0 Å². The van der Waals surface area contributed by atoms with Crippen molar-refractivity contribution < 1.29 is 22.8 Å². The fourth-order valence-electron chi connectivity index (χ4n) is 4.10. The van der Waals surface area contributed by atoms with E-state index in [9.17, 15) is 22.8 Å². The quantitative estimate of drug-likeness (QED) is 0.208. The highest BCUT2D eigenvalue weighted by molar-refractivity contribution is 7.99. The Bertz CT molecular complexity index is 1720. The van der Waals surface area contributed by atoms with Gasteiger partial charge < -0.3 is 10.6 Å². The largest absolute Gasteiger partial charge is 0.417 e. The van der Waals surface area contributed by atoms with Crippen LogP contribution in [0.5, 0.6) is 0 Å². The predicted octanol–water partition coefficient (Wildman–Crippen LogP) is 6.17. The lowest BCUT2D eigenvalue weighted by Gasteiger charge is -2.15. The number of carbonyl (C=O) groups is 2. The van der Waals surface area contributed by atoms with Crippen LogP contribution in [0.15, 0.2) is 71.9 Å². The normalized spacial score (nSPS) is 11.5. The number of nitrogens with zero attached hydrogens (tertiary/aromatic N) is 4. The average Bonchev–Trinajstić information content (AvgIpc) is 3.54. The van der Waals surface area contributed by atoms with Crippen LogP contribution in [0.4, 0.5) is 18.3 Å². The van der Waals surface area contributed by atoms with E-state index in [0.29, 0.717) is 16.1 Å². The van der Waals surface area contributed by atoms with Gasteiger partial charge in [0.15, 0.2) is 16.1 Å². The molecule has 0 fully saturated rings. The summed E-state index contributed by atoms with van der Waals surface area (Å²) < 4.78 is 43.0. The van der Waals surface area contributed by atoms with Crippen LogP contribution in [0.3, 0.4) is 0 Å². The molecule has 0 spiro atoms. The highest BCUT2D eigenvalue weighted by Crippen LogP contribution is 2.32. The first-order valence-corrected chi connectivity index (χ1v) is 14.1. The molecule has 0 aliphatic rings. The molecule has 5 aromatic rings. The molecular formula is C28H23F3N6O2S2. The Balaban J connectivity index is 1.36. The number of anilines is 1. The number of hydrogen-bond acceptors (Lipinski definition) is 7. The fraction of sp³-hybridized carbons (Fsp3) is 0.179. The van der Waals surface area contributed by atoms with E-state index in [0.717, 1.165) is 50.9 Å². The van der Waals surface area contributed by atoms with Crippen LogP contribution in [0, 0.1) is 13.8 Å². The maximum absolute atomic E-state index is 13.4. The minimum Gasteiger partial charge on any atom is -0.345 e. The van der Waals surface area contributed by atoms with Crippen LogP contribution in [0.1, 0.15) is 32.9 Å². The zero-order valence-corrected chi connectivity index (χ0v) is 23.5. The molecule has 8 nitrogen and oxygen atoms in total. The molecule has 0 bridgehead atoms. The van der Waals surface area contributed by atoms with Gasteiger partial charge in [0.25, 0.3) is 5.91 Å². The van der Waals surface area contributed by atoms with Gasteiger partial charge >= 0.3 is 6.18 Å². The van der Waals surface area contributed by atoms with Gasteiger partial charge in [-0.05, 0) is 55.3 Å². The van der Waals surface area contributed by atoms with Crippen molar-refractivity contribution in [1.82, 2.24) is 25.1 Å². The second-order valence-electron chi connectivity index (χ2n) is 9.07. The Morgan fingerprint density at radius 1 is 1.00 bits per heavy atom. The molecule has 3 aromatic carbocycles. The SMILES string of the molecule is Cc1ccc(C)c(-n2c(CNC(=O)c3ccccc3C(F)(F)F)nnc2SCC(=O)Nc2nc3ccccc3s2)c1. The third kappa shape index (κ3) is 6.41. The van der Waals surface area contributed by atoms with E-state index in [-0.39, 0.29) is 18.2 Å². The molecular weight excluding hydrogens is 573 g/mol. The summed E-state index contributed by atoms with van der Waals surface area (Å²) in [7, 11) is 0. The molecule has 2 heterocycles. The maximum Gasteiger partial charge on any atom is 0.417 e. The standard InChI is InChI=1S/C28H23F3N6O2S2/c1-16-11-12-17(2)21(13-16)37-23(14-32-25(39)18-7-3-4-8-19(18)28(29,30)31)35-36-27(37)40-15-24(38)34-26-33-20-9-5-6-10-22(20)41-26/h3-13H,14-15H2,1-2H3,(H,32,39)(H,33,34,38). The molecule has 0 saturated heterocycles. The molecule has 0 saturated carbocycles. The number of benzene rings is 3. The molecule has 210 valence electrons. The summed E-state index contributed by atoms with van der Waals surface area (Å²) in [6, 6.07) is 17.9. The maximum atomic E-state index is 13.4. The van der Waals surface area contributed by atoms with Crippen molar-refractivity contribution in [2.24, 2.45) is 0 Å². The molecule has 13 heteroatoms. The van der Waals surface area contributed by atoms with Gasteiger partial charge in [0, 0.05) is 0 Å². The number of carbonyl (C=O) groups excluding carboxylic acids is 2. The lowest BCUT2D eigenvalue weighted by Crippen LogP contribution is -2.27.